The van der Waals surface area contributed by atoms with Gasteiger partial charge in [0.25, 0.3) is 5.91 Å². The number of aliphatic carboxylic acids is 1. The van der Waals surface area contributed by atoms with Crippen LogP contribution in [0.5, 0.6) is 0 Å². The molecule has 0 bridgehead atoms. The van der Waals surface area contributed by atoms with Crippen LogP contribution < -0.4 is 5.32 Å². The highest BCUT2D eigenvalue weighted by atomic mass is 35.5. The van der Waals surface area contributed by atoms with Gasteiger partial charge in [0.05, 0.1) is 26.8 Å². The number of carbonyl (C=O) groups is 3. The fraction of sp³-hybridized carbons (Fsp3) is 0.233. The molecule has 2 heterocycles. The van der Waals surface area contributed by atoms with Crippen LogP contribution in [0, 0.1) is 6.92 Å². The Bertz CT molecular complexity index is 1770. The number of nitrogens with zero attached hydrogens (tertiary/aromatic N) is 1. The van der Waals surface area contributed by atoms with E-state index in [-0.39, 0.29) is 26.9 Å². The minimum absolute atomic E-state index is 0.0391. The Morgan fingerprint density at radius 3 is 2.60 bits per heavy atom. The van der Waals surface area contributed by atoms with E-state index in [0.29, 0.717) is 30.6 Å². The molecule has 1 unspecified atom stereocenters. The summed E-state index contributed by atoms with van der Waals surface area (Å²) < 4.78 is 28.7. The zero-order valence-corrected chi connectivity index (χ0v) is 25.1. The summed E-state index contributed by atoms with van der Waals surface area (Å²) in [6.07, 6.45) is 3.78. The molecule has 0 spiro atoms. The maximum absolute atomic E-state index is 12.9. The van der Waals surface area contributed by atoms with E-state index in [1.54, 1.807) is 23.3 Å². The van der Waals surface area contributed by atoms with Gasteiger partial charge in [-0.05, 0) is 65.9 Å². The topological polar surface area (TPSA) is 134 Å². The molecule has 0 aliphatic carbocycles. The number of halogens is 2. The fourth-order valence-electron chi connectivity index (χ4n) is 4.60. The van der Waals surface area contributed by atoms with Gasteiger partial charge in [0.2, 0.25) is 6.41 Å². The van der Waals surface area contributed by atoms with E-state index < -0.39 is 27.8 Å². The highest BCUT2D eigenvalue weighted by molar-refractivity contribution is 7.90. The molecule has 220 valence electrons. The first-order valence-electron chi connectivity index (χ1n) is 12.8. The summed E-state index contributed by atoms with van der Waals surface area (Å²) >= 11 is 12.7. The first-order chi connectivity index (χ1) is 19.9. The van der Waals surface area contributed by atoms with Crippen molar-refractivity contribution in [2.45, 2.75) is 37.2 Å². The van der Waals surface area contributed by atoms with E-state index in [1.807, 2.05) is 12.1 Å². The molecule has 0 fully saturated rings. The van der Waals surface area contributed by atoms with Gasteiger partial charge in [0, 0.05) is 31.2 Å². The third-order valence-electron chi connectivity index (χ3n) is 6.79. The van der Waals surface area contributed by atoms with Crippen LogP contribution in [0.3, 0.4) is 0 Å². The van der Waals surface area contributed by atoms with Crippen LogP contribution in [0.15, 0.2) is 70.2 Å². The van der Waals surface area contributed by atoms with Gasteiger partial charge in [-0.15, -0.1) is 0 Å². The largest absolute Gasteiger partial charge is 0.480 e. The zero-order chi connectivity index (χ0) is 30.6. The monoisotopic (exact) mass is 630 g/mol. The van der Waals surface area contributed by atoms with Gasteiger partial charge >= 0.3 is 5.97 Å². The lowest BCUT2D eigenvalue weighted by Gasteiger charge is -2.27. The minimum atomic E-state index is -3.47. The number of hydrogen-bond donors (Lipinski definition) is 2. The summed E-state index contributed by atoms with van der Waals surface area (Å²) in [4.78, 5) is 37.3. The van der Waals surface area contributed by atoms with Crippen LogP contribution >= 0.6 is 23.2 Å². The Balaban J connectivity index is 0.000000337. The third kappa shape index (κ3) is 7.31. The highest BCUT2D eigenvalue weighted by Gasteiger charge is 2.28. The first-order valence-corrected chi connectivity index (χ1v) is 15.5. The second-order valence-electron chi connectivity index (χ2n) is 9.96. The number of aryl methyl sites for hydroxylation is 1. The summed E-state index contributed by atoms with van der Waals surface area (Å²) in [7, 11) is -3.47. The molecule has 1 aliphatic rings. The second-order valence-corrected chi connectivity index (χ2v) is 12.8. The number of rotatable bonds is 7. The lowest BCUT2D eigenvalue weighted by molar-refractivity contribution is -0.139. The van der Waals surface area contributed by atoms with Gasteiger partial charge in [-0.1, -0.05) is 47.5 Å². The van der Waals surface area contributed by atoms with E-state index in [1.165, 1.54) is 29.1 Å². The maximum Gasteiger partial charge on any atom is 0.326 e. The lowest BCUT2D eigenvalue weighted by Crippen LogP contribution is -2.42. The van der Waals surface area contributed by atoms with Crippen molar-refractivity contribution in [1.82, 2.24) is 10.2 Å². The quantitative estimate of drug-likeness (QED) is 0.272. The molecule has 42 heavy (non-hydrogen) atoms. The number of benzene rings is 3. The molecule has 1 aromatic heterocycles. The molecule has 0 radical (unpaired) electrons. The molecule has 2 N–H and O–H groups in total. The van der Waals surface area contributed by atoms with Crippen molar-refractivity contribution in [3.8, 4) is 0 Å². The van der Waals surface area contributed by atoms with Crippen molar-refractivity contribution in [1.29, 1.82) is 0 Å². The predicted molar refractivity (Wildman–Crippen MR) is 160 cm³/mol. The van der Waals surface area contributed by atoms with Crippen LogP contribution in [0.2, 0.25) is 10.0 Å². The molecular weight excluding hydrogens is 603 g/mol. The van der Waals surface area contributed by atoms with Crippen molar-refractivity contribution in [2.75, 3.05) is 12.8 Å². The zero-order valence-electron chi connectivity index (χ0n) is 22.8. The summed E-state index contributed by atoms with van der Waals surface area (Å²) in [5, 5.41) is 13.4. The van der Waals surface area contributed by atoms with Gasteiger partial charge < -0.3 is 19.7 Å². The van der Waals surface area contributed by atoms with E-state index in [0.717, 1.165) is 23.8 Å². The van der Waals surface area contributed by atoms with Crippen LogP contribution in [0.1, 0.15) is 32.6 Å². The van der Waals surface area contributed by atoms with Crippen molar-refractivity contribution >= 4 is 62.3 Å². The van der Waals surface area contributed by atoms with E-state index >= 15 is 0 Å². The third-order valence-corrected chi connectivity index (χ3v) is 8.62. The first kappa shape index (κ1) is 31.1. The Hall–Kier alpha value is -3.86. The lowest BCUT2D eigenvalue weighted by atomic mass is 9.96. The Labute approximate surface area is 252 Å². The second kappa shape index (κ2) is 13.0. The van der Waals surface area contributed by atoms with Gasteiger partial charge in [-0.3, -0.25) is 9.59 Å². The van der Waals surface area contributed by atoms with E-state index in [4.69, 9.17) is 27.6 Å². The Kier molecular flexibility index (Phi) is 9.60. The van der Waals surface area contributed by atoms with E-state index in [9.17, 15) is 27.9 Å². The van der Waals surface area contributed by atoms with Crippen molar-refractivity contribution in [3.63, 3.8) is 0 Å². The molecule has 1 aliphatic heterocycles. The minimum Gasteiger partial charge on any atom is -0.480 e. The fourth-order valence-corrected chi connectivity index (χ4v) is 6.06. The van der Waals surface area contributed by atoms with Crippen LogP contribution in [0.25, 0.3) is 11.0 Å². The van der Waals surface area contributed by atoms with Crippen molar-refractivity contribution in [3.05, 3.63) is 98.7 Å². The molecule has 9 nitrogen and oxygen atoms in total. The molecule has 3 aromatic carbocycles. The van der Waals surface area contributed by atoms with Crippen molar-refractivity contribution in [2.24, 2.45) is 0 Å². The Morgan fingerprint density at radius 1 is 1.14 bits per heavy atom. The SMILES string of the molecule is CS(=O)(=O)c1cccc(CC(NC(=O)c2c(Cl)cc3c(c2Cl)CCN(C=O)C3)C(=O)O)c1.Cc1ccc2ccoc2c1. The molecule has 0 saturated carbocycles. The molecule has 1 atom stereocenters. The summed E-state index contributed by atoms with van der Waals surface area (Å²) in [5.41, 5.74) is 4.01. The number of furan rings is 1. The normalized spacial score (nSPS) is 13.5. The molecular formula is C30H28Cl2N2O7S. The van der Waals surface area contributed by atoms with E-state index in [2.05, 4.69) is 24.4 Å². The molecule has 0 saturated heterocycles. The number of carboxylic acid groups (broad SMARTS) is 1. The average molecular weight is 632 g/mol. The number of amides is 2. The van der Waals surface area contributed by atoms with Crippen LogP contribution in [0.4, 0.5) is 0 Å². The summed E-state index contributed by atoms with van der Waals surface area (Å²) in [6.45, 7) is 2.81. The summed E-state index contributed by atoms with van der Waals surface area (Å²) in [6, 6.07) is 14.2. The molecule has 4 aromatic rings. The number of sulfone groups is 1. The Morgan fingerprint density at radius 2 is 1.90 bits per heavy atom. The maximum atomic E-state index is 12.9. The highest BCUT2D eigenvalue weighted by Crippen LogP contribution is 2.34. The number of nitrogens with one attached hydrogen (secondary N) is 1. The number of carboxylic acids is 1. The van der Waals surface area contributed by atoms with Crippen molar-refractivity contribution < 1.29 is 32.3 Å². The van der Waals surface area contributed by atoms with Crippen LogP contribution in [-0.2, 0) is 38.8 Å². The molecule has 5 rings (SSSR count). The van der Waals surface area contributed by atoms with Gasteiger partial charge in [-0.25, -0.2) is 13.2 Å². The smallest absolute Gasteiger partial charge is 0.326 e. The summed E-state index contributed by atoms with van der Waals surface area (Å²) in [5.74, 6) is -2.05. The van der Waals surface area contributed by atoms with Gasteiger partial charge in [0.15, 0.2) is 9.84 Å². The number of hydrogen-bond acceptors (Lipinski definition) is 6. The molecule has 2 amide bonds. The predicted octanol–water partition coefficient (Wildman–Crippen LogP) is 5.08. The standard InChI is InChI=1S/C21H20Cl2N2O6S.C9H8O/c1-32(30,31)14-4-2-3-12(7-14)8-17(21(28)29)24-20(27)18-16(22)9-13-10-25(11-26)6-5-15(13)19(18)23;1-7-2-3-8-4-5-10-9(8)6-7/h2-4,7,9,11,17H,5-6,8,10H2,1H3,(H,24,27)(H,28,29);2-6H,1H3. The van der Waals surface area contributed by atoms with Gasteiger partial charge in [0.1, 0.15) is 11.6 Å². The molecule has 12 heteroatoms. The average Bonchev–Trinajstić information content (AvgIpc) is 3.40. The van der Waals surface area contributed by atoms with Gasteiger partial charge in [-0.2, -0.15) is 0 Å². The number of carbonyl (C=O) groups excluding carboxylic acids is 2. The number of fused-ring (bicyclic) bond motifs is 2. The van der Waals surface area contributed by atoms with Crippen LogP contribution in [-0.4, -0.2) is 55.6 Å².